The minimum atomic E-state index is -0.706. The SMILES string of the molecule is CC(=O)[C@@H](OC(C)(C)C)c1c(C)cc2nc(-c3ccc4nnn(C)c4c3)sc2c1-c1ccc(Cl)cc1. The molecule has 0 spiro atoms. The van der Waals surface area contributed by atoms with Gasteiger partial charge in [0.1, 0.15) is 16.6 Å². The molecule has 0 amide bonds. The molecule has 2 heterocycles. The molecule has 5 rings (SSSR count). The number of hydrogen-bond acceptors (Lipinski definition) is 6. The number of hydrogen-bond donors (Lipinski definition) is 0. The molecule has 0 aliphatic rings. The van der Waals surface area contributed by atoms with E-state index in [1.165, 1.54) is 0 Å². The van der Waals surface area contributed by atoms with Crippen LogP contribution in [0.5, 0.6) is 0 Å². The number of aromatic nitrogens is 4. The van der Waals surface area contributed by atoms with Crippen molar-refractivity contribution >= 4 is 50.0 Å². The van der Waals surface area contributed by atoms with Crippen LogP contribution in [0.1, 0.15) is 44.9 Å². The Morgan fingerprint density at radius 3 is 2.42 bits per heavy atom. The maximum absolute atomic E-state index is 12.9. The fraction of sp³-hybridized carbons (Fsp3) is 0.286. The van der Waals surface area contributed by atoms with Crippen molar-refractivity contribution in [2.75, 3.05) is 0 Å². The summed E-state index contributed by atoms with van der Waals surface area (Å²) in [6.07, 6.45) is -0.706. The van der Waals surface area contributed by atoms with E-state index < -0.39 is 11.7 Å². The van der Waals surface area contributed by atoms with Crippen molar-refractivity contribution in [2.45, 2.75) is 46.3 Å². The lowest BCUT2D eigenvalue weighted by Gasteiger charge is -2.29. The van der Waals surface area contributed by atoms with E-state index in [1.807, 2.05) is 71.1 Å². The average Bonchev–Trinajstić information content (AvgIpc) is 3.40. The van der Waals surface area contributed by atoms with Crippen LogP contribution in [0.25, 0.3) is 42.9 Å². The Labute approximate surface area is 218 Å². The smallest absolute Gasteiger partial charge is 0.163 e. The Morgan fingerprint density at radius 2 is 1.75 bits per heavy atom. The number of rotatable bonds is 5. The highest BCUT2D eigenvalue weighted by Crippen LogP contribution is 2.44. The molecule has 0 N–H and O–H groups in total. The highest BCUT2D eigenvalue weighted by Gasteiger charge is 2.30. The van der Waals surface area contributed by atoms with Crippen LogP contribution in [-0.4, -0.2) is 31.4 Å². The molecule has 0 saturated carbocycles. The topological polar surface area (TPSA) is 69.9 Å². The third-order valence-electron chi connectivity index (χ3n) is 6.02. The van der Waals surface area contributed by atoms with Crippen molar-refractivity contribution < 1.29 is 9.53 Å². The van der Waals surface area contributed by atoms with Crippen molar-refractivity contribution in [2.24, 2.45) is 7.05 Å². The first-order chi connectivity index (χ1) is 17.0. The molecule has 184 valence electrons. The quantitative estimate of drug-likeness (QED) is 0.244. The van der Waals surface area contributed by atoms with Gasteiger partial charge in [-0.2, -0.15) is 0 Å². The number of Topliss-reactive ketones (excluding diaryl/α,β-unsaturated/α-hetero) is 1. The number of ether oxygens (including phenoxy) is 1. The van der Waals surface area contributed by atoms with Crippen molar-refractivity contribution in [3.8, 4) is 21.7 Å². The lowest BCUT2D eigenvalue weighted by atomic mass is 9.90. The first-order valence-corrected chi connectivity index (χ1v) is 12.9. The van der Waals surface area contributed by atoms with Gasteiger partial charge < -0.3 is 4.74 Å². The van der Waals surface area contributed by atoms with E-state index in [4.69, 9.17) is 21.3 Å². The molecule has 6 nitrogen and oxygen atoms in total. The highest BCUT2D eigenvalue weighted by molar-refractivity contribution is 7.22. The van der Waals surface area contributed by atoms with E-state index in [9.17, 15) is 4.79 Å². The van der Waals surface area contributed by atoms with Gasteiger partial charge in [-0.1, -0.05) is 28.9 Å². The molecule has 0 unspecified atom stereocenters. The number of fused-ring (bicyclic) bond motifs is 2. The Kier molecular flexibility index (Phi) is 6.19. The van der Waals surface area contributed by atoms with E-state index in [2.05, 4.69) is 22.4 Å². The number of ketones is 1. The Bertz CT molecular complexity index is 1610. The van der Waals surface area contributed by atoms with E-state index in [1.54, 1.807) is 22.9 Å². The normalized spacial score (nSPS) is 13.0. The highest BCUT2D eigenvalue weighted by atomic mass is 35.5. The molecule has 0 aliphatic carbocycles. The number of benzene rings is 3. The molecule has 2 aromatic heterocycles. The standard InChI is InChI=1S/C28H27ClN4O2S/c1-15-13-21-26(36-27(30-21)18-9-12-20-22(14-18)33(6)32-31-20)24(17-7-10-19(29)11-8-17)23(15)25(16(2)34)35-28(3,4)5/h7-14,25H,1-6H3/t25-/m1/s1. The number of carbonyl (C=O) groups is 1. The lowest BCUT2D eigenvalue weighted by molar-refractivity contribution is -0.138. The van der Waals surface area contributed by atoms with Gasteiger partial charge in [0.25, 0.3) is 0 Å². The van der Waals surface area contributed by atoms with Gasteiger partial charge in [-0.3, -0.25) is 4.79 Å². The lowest BCUT2D eigenvalue weighted by Crippen LogP contribution is -2.27. The molecule has 3 aromatic carbocycles. The van der Waals surface area contributed by atoms with E-state index >= 15 is 0 Å². The number of thiazole rings is 1. The van der Waals surface area contributed by atoms with Crippen LogP contribution in [0.4, 0.5) is 0 Å². The van der Waals surface area contributed by atoms with Crippen molar-refractivity contribution in [3.63, 3.8) is 0 Å². The zero-order chi connectivity index (χ0) is 25.8. The third kappa shape index (κ3) is 4.54. The van der Waals surface area contributed by atoms with Gasteiger partial charge in [0.15, 0.2) is 5.78 Å². The van der Waals surface area contributed by atoms with Gasteiger partial charge in [-0.25, -0.2) is 9.67 Å². The molecule has 0 saturated heterocycles. The summed E-state index contributed by atoms with van der Waals surface area (Å²) in [7, 11) is 1.88. The van der Waals surface area contributed by atoms with Gasteiger partial charge in [-0.15, -0.1) is 16.4 Å². The summed E-state index contributed by atoms with van der Waals surface area (Å²) in [6, 6.07) is 15.8. The fourth-order valence-corrected chi connectivity index (χ4v) is 5.69. The summed E-state index contributed by atoms with van der Waals surface area (Å²) in [5.74, 6) is -0.0403. The van der Waals surface area contributed by atoms with Gasteiger partial charge in [-0.05, 0) is 82.1 Å². The zero-order valence-corrected chi connectivity index (χ0v) is 22.7. The third-order valence-corrected chi connectivity index (χ3v) is 7.41. The molecule has 8 heteroatoms. The molecule has 0 aliphatic heterocycles. The van der Waals surface area contributed by atoms with Crippen LogP contribution in [0.2, 0.25) is 5.02 Å². The summed E-state index contributed by atoms with van der Waals surface area (Å²) >= 11 is 7.83. The van der Waals surface area contributed by atoms with Crippen LogP contribution < -0.4 is 0 Å². The van der Waals surface area contributed by atoms with Crippen LogP contribution in [0.15, 0.2) is 48.5 Å². The van der Waals surface area contributed by atoms with Gasteiger partial charge in [0, 0.05) is 28.8 Å². The zero-order valence-electron chi connectivity index (χ0n) is 21.1. The van der Waals surface area contributed by atoms with Crippen molar-refractivity contribution in [1.82, 2.24) is 20.0 Å². The summed E-state index contributed by atoms with van der Waals surface area (Å²) < 4.78 is 9.10. The Balaban J connectivity index is 1.79. The Hall–Kier alpha value is -3.13. The summed E-state index contributed by atoms with van der Waals surface area (Å²) in [5, 5.41) is 9.84. The second kappa shape index (κ2) is 9.07. The molecule has 36 heavy (non-hydrogen) atoms. The number of halogens is 1. The van der Waals surface area contributed by atoms with Crippen LogP contribution in [-0.2, 0) is 16.6 Å². The van der Waals surface area contributed by atoms with E-state index in [0.717, 1.165) is 54.1 Å². The molecule has 0 bridgehead atoms. The summed E-state index contributed by atoms with van der Waals surface area (Å²) in [6.45, 7) is 9.50. The predicted octanol–water partition coefficient (Wildman–Crippen LogP) is 7.32. The van der Waals surface area contributed by atoms with Gasteiger partial charge in [0.05, 0.1) is 21.3 Å². The second-order valence-corrected chi connectivity index (χ2v) is 11.4. The maximum Gasteiger partial charge on any atom is 0.163 e. The molecule has 5 aromatic rings. The first-order valence-electron chi connectivity index (χ1n) is 11.7. The van der Waals surface area contributed by atoms with Gasteiger partial charge >= 0.3 is 0 Å². The molecule has 0 fully saturated rings. The minimum Gasteiger partial charge on any atom is -0.360 e. The predicted molar refractivity (Wildman–Crippen MR) is 147 cm³/mol. The summed E-state index contributed by atoms with van der Waals surface area (Å²) in [5.41, 5.74) is 6.90. The minimum absolute atomic E-state index is 0.0403. The largest absolute Gasteiger partial charge is 0.360 e. The van der Waals surface area contributed by atoms with Crippen LogP contribution >= 0.6 is 22.9 Å². The second-order valence-electron chi connectivity index (χ2n) is 9.99. The van der Waals surface area contributed by atoms with Gasteiger partial charge in [0.2, 0.25) is 0 Å². The number of aryl methyl sites for hydroxylation is 2. The van der Waals surface area contributed by atoms with E-state index in [0.29, 0.717) is 5.02 Å². The molecule has 1 atom stereocenters. The number of carbonyl (C=O) groups excluding carboxylic acids is 1. The summed E-state index contributed by atoms with van der Waals surface area (Å²) in [4.78, 5) is 17.9. The molecule has 0 radical (unpaired) electrons. The van der Waals surface area contributed by atoms with Crippen molar-refractivity contribution in [1.29, 1.82) is 0 Å². The van der Waals surface area contributed by atoms with Crippen LogP contribution in [0, 0.1) is 6.92 Å². The van der Waals surface area contributed by atoms with E-state index in [-0.39, 0.29) is 5.78 Å². The van der Waals surface area contributed by atoms with Crippen LogP contribution in [0.3, 0.4) is 0 Å². The molecular weight excluding hydrogens is 492 g/mol. The van der Waals surface area contributed by atoms with Crippen molar-refractivity contribution in [3.05, 3.63) is 64.7 Å². The number of nitrogens with zero attached hydrogens (tertiary/aromatic N) is 4. The molecular formula is C28H27ClN4O2S. The first kappa shape index (κ1) is 24.6. The Morgan fingerprint density at radius 1 is 1.06 bits per heavy atom. The maximum atomic E-state index is 12.9. The monoisotopic (exact) mass is 518 g/mol. The fourth-order valence-electron chi connectivity index (χ4n) is 4.44. The average molecular weight is 519 g/mol.